The normalized spacial score (nSPS) is 26.0. The summed E-state index contributed by atoms with van der Waals surface area (Å²) in [6.45, 7) is 2.13. The van der Waals surface area contributed by atoms with E-state index in [4.69, 9.17) is 5.73 Å². The number of nitrogens with one attached hydrogen (secondary N) is 1. The second kappa shape index (κ2) is 4.34. The van der Waals surface area contributed by atoms with Crippen molar-refractivity contribution in [2.45, 2.75) is 25.7 Å². The molecule has 1 amide bonds. The van der Waals surface area contributed by atoms with Crippen LogP contribution in [0, 0.1) is 5.92 Å². The van der Waals surface area contributed by atoms with Gasteiger partial charge in [-0.3, -0.25) is 4.79 Å². The van der Waals surface area contributed by atoms with E-state index in [2.05, 4.69) is 5.32 Å². The molecular weight excluding hydrogens is 140 g/mol. The first-order valence-electron chi connectivity index (χ1n) is 4.28. The van der Waals surface area contributed by atoms with Crippen molar-refractivity contribution in [3.63, 3.8) is 0 Å². The number of hydrogen-bond acceptors (Lipinski definition) is 2. The van der Waals surface area contributed by atoms with Crippen LogP contribution in [0.3, 0.4) is 0 Å². The minimum atomic E-state index is -0.156. The average molecular weight is 156 g/mol. The lowest BCUT2D eigenvalue weighted by Gasteiger charge is -2.09. The molecule has 1 saturated heterocycles. The van der Waals surface area contributed by atoms with Crippen molar-refractivity contribution in [3.8, 4) is 0 Å². The number of amides is 1. The summed E-state index contributed by atoms with van der Waals surface area (Å²) in [7, 11) is 0. The molecule has 11 heavy (non-hydrogen) atoms. The first kappa shape index (κ1) is 8.53. The average Bonchev–Trinajstić information content (AvgIpc) is 2.14. The van der Waals surface area contributed by atoms with Gasteiger partial charge in [0.05, 0.1) is 0 Å². The Balaban J connectivity index is 2.25. The summed E-state index contributed by atoms with van der Waals surface area (Å²) in [5, 5.41) is 3.30. The van der Waals surface area contributed by atoms with Crippen LogP contribution >= 0.6 is 0 Å². The van der Waals surface area contributed by atoms with E-state index in [9.17, 15) is 4.79 Å². The van der Waals surface area contributed by atoms with E-state index in [1.54, 1.807) is 0 Å². The third kappa shape index (κ3) is 3.37. The Labute approximate surface area is 67.3 Å². The van der Waals surface area contributed by atoms with Crippen LogP contribution in [0.25, 0.3) is 0 Å². The van der Waals surface area contributed by atoms with E-state index < -0.39 is 0 Å². The predicted octanol–water partition coefficient (Wildman–Crippen LogP) is 0.251. The van der Waals surface area contributed by atoms with E-state index in [-0.39, 0.29) is 5.91 Å². The second-order valence-electron chi connectivity index (χ2n) is 3.22. The van der Waals surface area contributed by atoms with Crippen LogP contribution in [0.1, 0.15) is 25.7 Å². The number of rotatable bonds is 2. The Morgan fingerprint density at radius 1 is 1.45 bits per heavy atom. The van der Waals surface area contributed by atoms with Crippen LogP contribution < -0.4 is 11.1 Å². The molecule has 0 spiro atoms. The van der Waals surface area contributed by atoms with Gasteiger partial charge in [-0.05, 0) is 38.3 Å². The molecule has 64 valence electrons. The smallest absolute Gasteiger partial charge is 0.217 e. The minimum absolute atomic E-state index is 0.156. The molecule has 0 saturated carbocycles. The molecule has 0 aromatic heterocycles. The van der Waals surface area contributed by atoms with E-state index in [0.29, 0.717) is 12.3 Å². The van der Waals surface area contributed by atoms with Crippen LogP contribution in [0.4, 0.5) is 0 Å². The summed E-state index contributed by atoms with van der Waals surface area (Å²) in [5.41, 5.74) is 5.11. The SMILES string of the molecule is NC(=O)C[C@@H]1CCCNCC1. The highest BCUT2D eigenvalue weighted by Gasteiger charge is 2.13. The van der Waals surface area contributed by atoms with Crippen molar-refractivity contribution in [2.75, 3.05) is 13.1 Å². The summed E-state index contributed by atoms with van der Waals surface area (Å²) in [6, 6.07) is 0. The third-order valence-corrected chi connectivity index (χ3v) is 2.19. The minimum Gasteiger partial charge on any atom is -0.370 e. The lowest BCUT2D eigenvalue weighted by Crippen LogP contribution is -2.18. The van der Waals surface area contributed by atoms with Gasteiger partial charge in [-0.25, -0.2) is 0 Å². The van der Waals surface area contributed by atoms with Crippen molar-refractivity contribution in [1.82, 2.24) is 5.32 Å². The van der Waals surface area contributed by atoms with Gasteiger partial charge in [0.2, 0.25) is 5.91 Å². The Kier molecular flexibility index (Phi) is 3.36. The molecule has 0 unspecified atom stereocenters. The van der Waals surface area contributed by atoms with E-state index >= 15 is 0 Å². The molecule has 1 aliphatic heterocycles. The van der Waals surface area contributed by atoms with Crippen molar-refractivity contribution >= 4 is 5.91 Å². The quantitative estimate of drug-likeness (QED) is 0.602. The molecule has 1 rings (SSSR count). The maximum atomic E-state index is 10.6. The maximum absolute atomic E-state index is 10.6. The molecule has 0 aliphatic carbocycles. The maximum Gasteiger partial charge on any atom is 0.217 e. The Morgan fingerprint density at radius 3 is 3.00 bits per heavy atom. The summed E-state index contributed by atoms with van der Waals surface area (Å²) >= 11 is 0. The first-order valence-corrected chi connectivity index (χ1v) is 4.28. The Morgan fingerprint density at radius 2 is 2.27 bits per heavy atom. The van der Waals surface area contributed by atoms with Gasteiger partial charge in [0, 0.05) is 6.42 Å². The van der Waals surface area contributed by atoms with Crippen molar-refractivity contribution in [1.29, 1.82) is 0 Å². The van der Waals surface area contributed by atoms with Crippen LogP contribution in [0.15, 0.2) is 0 Å². The van der Waals surface area contributed by atoms with Crippen molar-refractivity contribution in [2.24, 2.45) is 11.7 Å². The summed E-state index contributed by atoms with van der Waals surface area (Å²) in [5.74, 6) is 0.374. The van der Waals surface area contributed by atoms with Gasteiger partial charge >= 0.3 is 0 Å². The van der Waals surface area contributed by atoms with Gasteiger partial charge < -0.3 is 11.1 Å². The number of hydrogen-bond donors (Lipinski definition) is 2. The largest absolute Gasteiger partial charge is 0.370 e. The first-order chi connectivity index (χ1) is 5.29. The fourth-order valence-corrected chi connectivity index (χ4v) is 1.58. The predicted molar refractivity (Wildman–Crippen MR) is 44.0 cm³/mol. The monoisotopic (exact) mass is 156 g/mol. The van der Waals surface area contributed by atoms with Crippen LogP contribution in [0.2, 0.25) is 0 Å². The van der Waals surface area contributed by atoms with Crippen molar-refractivity contribution in [3.05, 3.63) is 0 Å². The molecular formula is C8H16N2O. The topological polar surface area (TPSA) is 55.1 Å². The van der Waals surface area contributed by atoms with Crippen LogP contribution in [0.5, 0.6) is 0 Å². The highest BCUT2D eigenvalue weighted by molar-refractivity contribution is 5.73. The molecule has 1 fully saturated rings. The zero-order chi connectivity index (χ0) is 8.10. The van der Waals surface area contributed by atoms with Gasteiger partial charge in [-0.1, -0.05) is 0 Å². The van der Waals surface area contributed by atoms with Gasteiger partial charge in [-0.2, -0.15) is 0 Å². The highest BCUT2D eigenvalue weighted by Crippen LogP contribution is 2.16. The Hall–Kier alpha value is -0.570. The molecule has 1 atom stereocenters. The summed E-state index contributed by atoms with van der Waals surface area (Å²) in [4.78, 5) is 10.6. The fourth-order valence-electron chi connectivity index (χ4n) is 1.58. The number of carbonyl (C=O) groups is 1. The number of primary amides is 1. The van der Waals surface area contributed by atoms with Gasteiger partial charge in [-0.15, -0.1) is 0 Å². The third-order valence-electron chi connectivity index (χ3n) is 2.19. The van der Waals surface area contributed by atoms with E-state index in [1.165, 1.54) is 6.42 Å². The molecule has 3 heteroatoms. The zero-order valence-corrected chi connectivity index (χ0v) is 6.81. The molecule has 0 aromatic carbocycles. The molecule has 3 N–H and O–H groups in total. The van der Waals surface area contributed by atoms with Crippen LogP contribution in [-0.4, -0.2) is 19.0 Å². The molecule has 1 aliphatic rings. The standard InChI is InChI=1S/C8H16N2O/c9-8(11)6-7-2-1-4-10-5-3-7/h7,10H,1-6H2,(H2,9,11)/t7-/m1/s1. The molecule has 3 nitrogen and oxygen atoms in total. The highest BCUT2D eigenvalue weighted by atomic mass is 16.1. The zero-order valence-electron chi connectivity index (χ0n) is 6.81. The van der Waals surface area contributed by atoms with Gasteiger partial charge in [0.15, 0.2) is 0 Å². The molecule has 0 aromatic rings. The van der Waals surface area contributed by atoms with E-state index in [0.717, 1.165) is 25.9 Å². The Bertz CT molecular complexity index is 128. The van der Waals surface area contributed by atoms with Gasteiger partial charge in [0.25, 0.3) is 0 Å². The molecule has 1 heterocycles. The lowest BCUT2D eigenvalue weighted by atomic mass is 9.97. The summed E-state index contributed by atoms with van der Waals surface area (Å²) < 4.78 is 0. The number of nitrogens with two attached hydrogens (primary N) is 1. The molecule has 0 radical (unpaired) electrons. The van der Waals surface area contributed by atoms with Crippen molar-refractivity contribution < 1.29 is 4.79 Å². The summed E-state index contributed by atoms with van der Waals surface area (Å²) in [6.07, 6.45) is 4.00. The fraction of sp³-hybridized carbons (Fsp3) is 0.875. The van der Waals surface area contributed by atoms with Crippen LogP contribution in [-0.2, 0) is 4.79 Å². The van der Waals surface area contributed by atoms with E-state index in [1.807, 2.05) is 0 Å². The lowest BCUT2D eigenvalue weighted by molar-refractivity contribution is -0.118. The number of carbonyl (C=O) groups excluding carboxylic acids is 1. The molecule has 0 bridgehead atoms. The van der Waals surface area contributed by atoms with Gasteiger partial charge in [0.1, 0.15) is 0 Å². The second-order valence-corrected chi connectivity index (χ2v) is 3.22.